The Morgan fingerprint density at radius 3 is 2.95 bits per heavy atom. The molecule has 1 aliphatic carbocycles. The van der Waals surface area contributed by atoms with E-state index < -0.39 is 0 Å². The van der Waals surface area contributed by atoms with Crippen LogP contribution in [0.1, 0.15) is 29.8 Å². The van der Waals surface area contributed by atoms with Crippen LogP contribution < -0.4 is 0 Å². The van der Waals surface area contributed by atoms with E-state index in [1.165, 1.54) is 0 Å². The Hall–Kier alpha value is -0.940. The van der Waals surface area contributed by atoms with Crippen molar-refractivity contribution in [3.8, 4) is 0 Å². The van der Waals surface area contributed by atoms with Gasteiger partial charge in [-0.3, -0.25) is 4.79 Å². The third-order valence-electron chi connectivity index (χ3n) is 3.69. The minimum absolute atomic E-state index is 0.0434. The van der Waals surface area contributed by atoms with Crippen molar-refractivity contribution in [1.29, 1.82) is 0 Å². The summed E-state index contributed by atoms with van der Waals surface area (Å²) in [6.45, 7) is 2.40. The molecule has 0 spiro atoms. The van der Waals surface area contributed by atoms with E-state index in [0.29, 0.717) is 17.7 Å². The highest BCUT2D eigenvalue weighted by molar-refractivity contribution is 9.10. The maximum atomic E-state index is 12.6. The number of aromatic nitrogens is 1. The van der Waals surface area contributed by atoms with Gasteiger partial charge in [-0.25, -0.2) is 4.98 Å². The van der Waals surface area contributed by atoms with Crippen molar-refractivity contribution in [3.63, 3.8) is 0 Å². The highest BCUT2D eigenvalue weighted by Crippen LogP contribution is 2.31. The molecule has 3 rings (SSSR count). The SMILES string of the molecule is O=C(c1ncccc1Br)N(CC1CCOC1)C1CC1. The van der Waals surface area contributed by atoms with Crippen molar-refractivity contribution in [2.75, 3.05) is 19.8 Å². The maximum Gasteiger partial charge on any atom is 0.273 e. The van der Waals surface area contributed by atoms with E-state index in [0.717, 1.165) is 43.5 Å². The Morgan fingerprint density at radius 2 is 2.32 bits per heavy atom. The van der Waals surface area contributed by atoms with Gasteiger partial charge in [-0.2, -0.15) is 0 Å². The van der Waals surface area contributed by atoms with Crippen LogP contribution in [0.2, 0.25) is 0 Å². The smallest absolute Gasteiger partial charge is 0.273 e. The number of hydrogen-bond donors (Lipinski definition) is 0. The van der Waals surface area contributed by atoms with Gasteiger partial charge in [-0.05, 0) is 47.3 Å². The molecule has 2 heterocycles. The monoisotopic (exact) mass is 324 g/mol. The van der Waals surface area contributed by atoms with E-state index in [9.17, 15) is 4.79 Å². The summed E-state index contributed by atoms with van der Waals surface area (Å²) in [5.41, 5.74) is 0.522. The lowest BCUT2D eigenvalue weighted by Crippen LogP contribution is -2.38. The summed E-state index contributed by atoms with van der Waals surface area (Å²) in [7, 11) is 0. The minimum atomic E-state index is 0.0434. The van der Waals surface area contributed by atoms with Crippen LogP contribution in [0.25, 0.3) is 0 Å². The van der Waals surface area contributed by atoms with Gasteiger partial charge >= 0.3 is 0 Å². The predicted octanol–water partition coefficient (Wildman–Crippen LogP) is 2.49. The van der Waals surface area contributed by atoms with E-state index in [2.05, 4.69) is 20.9 Å². The minimum Gasteiger partial charge on any atom is -0.381 e. The molecule has 2 fully saturated rings. The third kappa shape index (κ3) is 2.98. The van der Waals surface area contributed by atoms with Gasteiger partial charge in [0, 0.05) is 35.8 Å². The molecule has 1 unspecified atom stereocenters. The van der Waals surface area contributed by atoms with Crippen LogP contribution in [0.15, 0.2) is 22.8 Å². The molecular formula is C14H17BrN2O2. The fraction of sp³-hybridized carbons (Fsp3) is 0.571. The third-order valence-corrected chi connectivity index (χ3v) is 4.33. The van der Waals surface area contributed by atoms with Crippen molar-refractivity contribution < 1.29 is 9.53 Å². The molecule has 5 heteroatoms. The van der Waals surface area contributed by atoms with Crippen LogP contribution in [0.5, 0.6) is 0 Å². The molecule has 1 atom stereocenters. The Kier molecular flexibility index (Phi) is 3.84. The summed E-state index contributed by atoms with van der Waals surface area (Å²) in [6.07, 6.45) is 4.95. The van der Waals surface area contributed by atoms with Crippen molar-refractivity contribution in [2.45, 2.75) is 25.3 Å². The summed E-state index contributed by atoms with van der Waals surface area (Å²) in [5, 5.41) is 0. The summed E-state index contributed by atoms with van der Waals surface area (Å²) >= 11 is 3.41. The highest BCUT2D eigenvalue weighted by Gasteiger charge is 2.36. The van der Waals surface area contributed by atoms with E-state index in [-0.39, 0.29) is 5.91 Å². The number of carbonyl (C=O) groups is 1. The number of hydrogen-bond acceptors (Lipinski definition) is 3. The fourth-order valence-electron chi connectivity index (χ4n) is 2.47. The predicted molar refractivity (Wildman–Crippen MR) is 74.9 cm³/mol. The summed E-state index contributed by atoms with van der Waals surface area (Å²) < 4.78 is 6.18. The molecule has 1 saturated heterocycles. The second-order valence-electron chi connectivity index (χ2n) is 5.25. The topological polar surface area (TPSA) is 42.4 Å². The lowest BCUT2D eigenvalue weighted by molar-refractivity contribution is 0.0699. The molecule has 1 amide bonds. The first-order valence-corrected chi connectivity index (χ1v) is 7.54. The molecule has 0 aromatic carbocycles. The van der Waals surface area contributed by atoms with Crippen LogP contribution in [-0.2, 0) is 4.74 Å². The summed E-state index contributed by atoms with van der Waals surface area (Å²) in [5.74, 6) is 0.522. The molecule has 2 aliphatic rings. The molecule has 0 N–H and O–H groups in total. The van der Waals surface area contributed by atoms with Crippen LogP contribution in [-0.4, -0.2) is 41.6 Å². The van der Waals surface area contributed by atoms with Crippen molar-refractivity contribution >= 4 is 21.8 Å². The average molecular weight is 325 g/mol. The second-order valence-corrected chi connectivity index (χ2v) is 6.11. The quantitative estimate of drug-likeness (QED) is 0.854. The molecule has 0 radical (unpaired) electrons. The lowest BCUT2D eigenvalue weighted by atomic mass is 10.1. The van der Waals surface area contributed by atoms with Gasteiger partial charge in [0.2, 0.25) is 0 Å². The number of halogens is 1. The van der Waals surface area contributed by atoms with Gasteiger partial charge < -0.3 is 9.64 Å². The number of amides is 1. The maximum absolute atomic E-state index is 12.6. The average Bonchev–Trinajstić information content (AvgIpc) is 3.13. The Balaban J connectivity index is 1.76. The molecule has 102 valence electrons. The van der Waals surface area contributed by atoms with E-state index >= 15 is 0 Å². The van der Waals surface area contributed by atoms with Crippen molar-refractivity contribution in [3.05, 3.63) is 28.5 Å². The van der Waals surface area contributed by atoms with Gasteiger partial charge in [0.15, 0.2) is 0 Å². The second kappa shape index (κ2) is 5.59. The lowest BCUT2D eigenvalue weighted by Gasteiger charge is -2.25. The molecule has 19 heavy (non-hydrogen) atoms. The van der Waals surface area contributed by atoms with Crippen LogP contribution in [0.4, 0.5) is 0 Å². The van der Waals surface area contributed by atoms with Crippen molar-refractivity contribution in [1.82, 2.24) is 9.88 Å². The van der Waals surface area contributed by atoms with Crippen LogP contribution >= 0.6 is 15.9 Å². The van der Waals surface area contributed by atoms with Crippen molar-refractivity contribution in [2.24, 2.45) is 5.92 Å². The number of rotatable bonds is 4. The molecule has 1 aromatic heterocycles. The molecule has 0 bridgehead atoms. The summed E-state index contributed by atoms with van der Waals surface area (Å²) in [6, 6.07) is 4.10. The Morgan fingerprint density at radius 1 is 1.47 bits per heavy atom. The largest absolute Gasteiger partial charge is 0.381 e. The van der Waals surface area contributed by atoms with E-state index in [4.69, 9.17) is 4.74 Å². The van der Waals surface area contributed by atoms with Gasteiger partial charge in [0.05, 0.1) is 6.61 Å². The zero-order valence-corrected chi connectivity index (χ0v) is 12.3. The van der Waals surface area contributed by atoms with E-state index in [1.807, 2.05) is 17.0 Å². The number of carbonyl (C=O) groups excluding carboxylic acids is 1. The molecule has 4 nitrogen and oxygen atoms in total. The van der Waals surface area contributed by atoms with Crippen LogP contribution in [0.3, 0.4) is 0 Å². The van der Waals surface area contributed by atoms with Gasteiger partial charge in [0.1, 0.15) is 5.69 Å². The zero-order chi connectivity index (χ0) is 13.2. The van der Waals surface area contributed by atoms with Gasteiger partial charge in [-0.15, -0.1) is 0 Å². The van der Waals surface area contributed by atoms with Crippen LogP contribution in [0, 0.1) is 5.92 Å². The first kappa shape index (κ1) is 13.1. The number of pyridine rings is 1. The van der Waals surface area contributed by atoms with E-state index in [1.54, 1.807) is 6.20 Å². The molecule has 1 aliphatic heterocycles. The van der Waals surface area contributed by atoms with Gasteiger partial charge in [0.25, 0.3) is 5.91 Å². The fourth-order valence-corrected chi connectivity index (χ4v) is 2.89. The van der Waals surface area contributed by atoms with Gasteiger partial charge in [-0.1, -0.05) is 0 Å². The normalized spacial score (nSPS) is 22.5. The molecular weight excluding hydrogens is 308 g/mol. The Labute approximate surface area is 121 Å². The highest BCUT2D eigenvalue weighted by atomic mass is 79.9. The molecule has 1 saturated carbocycles. The first-order valence-electron chi connectivity index (χ1n) is 6.75. The standard InChI is InChI=1S/C14H17BrN2O2/c15-12-2-1-6-16-13(12)14(18)17(11-3-4-11)8-10-5-7-19-9-10/h1-2,6,10-11H,3-5,7-9H2. The summed E-state index contributed by atoms with van der Waals surface area (Å²) in [4.78, 5) is 18.8. The molecule has 1 aromatic rings. The number of nitrogens with zero attached hydrogens (tertiary/aromatic N) is 2. The number of ether oxygens (including phenoxy) is 1. The first-order chi connectivity index (χ1) is 9.25. The Bertz CT molecular complexity index is 470. The zero-order valence-electron chi connectivity index (χ0n) is 10.7.